The van der Waals surface area contributed by atoms with Gasteiger partial charge in [-0.15, -0.1) is 0 Å². The molecule has 8 heteroatoms. The van der Waals surface area contributed by atoms with Gasteiger partial charge in [-0.2, -0.15) is 5.10 Å². The highest BCUT2D eigenvalue weighted by Crippen LogP contribution is 2.27. The van der Waals surface area contributed by atoms with Gasteiger partial charge in [0.15, 0.2) is 0 Å². The van der Waals surface area contributed by atoms with Gasteiger partial charge < -0.3 is 4.74 Å². The molecule has 0 aliphatic heterocycles. The summed E-state index contributed by atoms with van der Waals surface area (Å²) in [7, 11) is -3.72. The van der Waals surface area contributed by atoms with Crippen LogP contribution in [0.2, 0.25) is 0 Å². The Labute approximate surface area is 216 Å². The summed E-state index contributed by atoms with van der Waals surface area (Å²) < 4.78 is 32.2. The van der Waals surface area contributed by atoms with Crippen LogP contribution in [0.3, 0.4) is 0 Å². The number of hydrazone groups is 1. The number of nitrogens with zero attached hydrogens (tertiary/aromatic N) is 2. The molecular formula is C28H39N3O4S. The molecule has 2 aromatic rings. The summed E-state index contributed by atoms with van der Waals surface area (Å²) in [6.45, 7) is 1.58. The van der Waals surface area contributed by atoms with Crippen LogP contribution in [0, 0.1) is 0 Å². The molecule has 7 nitrogen and oxygen atoms in total. The van der Waals surface area contributed by atoms with Crippen molar-refractivity contribution in [3.05, 3.63) is 54.6 Å². The van der Waals surface area contributed by atoms with Crippen molar-refractivity contribution in [1.82, 2.24) is 5.43 Å². The van der Waals surface area contributed by atoms with Crippen molar-refractivity contribution in [2.24, 2.45) is 5.10 Å². The number of anilines is 1. The first-order valence-electron chi connectivity index (χ1n) is 13.0. The van der Waals surface area contributed by atoms with E-state index in [1.54, 1.807) is 31.2 Å². The molecule has 1 aliphatic rings. The lowest BCUT2D eigenvalue weighted by atomic mass is 10.00. The van der Waals surface area contributed by atoms with Gasteiger partial charge >= 0.3 is 0 Å². The minimum atomic E-state index is -3.72. The first-order chi connectivity index (χ1) is 17.3. The summed E-state index contributed by atoms with van der Waals surface area (Å²) in [5, 5.41) is 4.43. The van der Waals surface area contributed by atoms with Crippen molar-refractivity contribution in [2.45, 2.75) is 83.6 Å². The Hall–Kier alpha value is -2.87. The number of hydrogen-bond donors (Lipinski definition) is 1. The molecule has 2 aromatic carbocycles. The molecule has 0 radical (unpaired) electrons. The highest BCUT2D eigenvalue weighted by atomic mass is 32.2. The van der Waals surface area contributed by atoms with Gasteiger partial charge in [0.2, 0.25) is 10.0 Å². The minimum absolute atomic E-state index is 0.388. The van der Waals surface area contributed by atoms with Crippen LogP contribution in [0.4, 0.5) is 5.69 Å². The molecule has 1 saturated carbocycles. The number of rotatable bonds is 7. The zero-order valence-electron chi connectivity index (χ0n) is 21.5. The van der Waals surface area contributed by atoms with E-state index in [1.807, 2.05) is 30.3 Å². The molecule has 3 rings (SSSR count). The number of sulfonamides is 1. The standard InChI is InChI=1S/C28H39N3O4S/c1-23(28(32)30-29-24-15-11-8-6-4-3-5-7-9-12-16-24)31(36(2,33)34)25-19-21-27(22-20-25)35-26-17-13-10-14-18-26/h10,13-14,17-23H,3-9,11-12,15-16H2,1-2H3,(H,30,32)/t23-/m1/s1. The van der Waals surface area contributed by atoms with Crippen LogP contribution in [0.15, 0.2) is 59.7 Å². The van der Waals surface area contributed by atoms with E-state index in [2.05, 4.69) is 10.5 Å². The fraction of sp³-hybridized carbons (Fsp3) is 0.500. The summed E-state index contributed by atoms with van der Waals surface area (Å²) in [6, 6.07) is 15.0. The SMILES string of the molecule is C[C@H](C(=O)NN=C1CCCCCCCCCCC1)N(c1ccc(Oc2ccccc2)cc1)S(C)(=O)=O. The second-order valence-electron chi connectivity index (χ2n) is 9.48. The van der Waals surface area contributed by atoms with Crippen LogP contribution < -0.4 is 14.5 Å². The van der Waals surface area contributed by atoms with Gasteiger partial charge in [0, 0.05) is 5.71 Å². The predicted molar refractivity (Wildman–Crippen MR) is 146 cm³/mol. The molecule has 0 spiro atoms. The fourth-order valence-electron chi connectivity index (χ4n) is 4.45. The third-order valence-corrected chi connectivity index (χ3v) is 7.66. The van der Waals surface area contributed by atoms with E-state index in [0.29, 0.717) is 17.2 Å². The number of ether oxygens (including phenoxy) is 1. The first kappa shape index (κ1) is 27.7. The number of nitrogens with one attached hydrogen (secondary N) is 1. The Kier molecular flexibility index (Phi) is 10.8. The maximum absolute atomic E-state index is 13.0. The molecule has 1 atom stereocenters. The van der Waals surface area contributed by atoms with Crippen LogP contribution in [-0.4, -0.2) is 32.3 Å². The van der Waals surface area contributed by atoms with E-state index in [4.69, 9.17) is 4.74 Å². The summed E-state index contributed by atoms with van der Waals surface area (Å²) >= 11 is 0. The van der Waals surface area contributed by atoms with E-state index in [0.717, 1.165) is 42.0 Å². The molecule has 0 heterocycles. The number of benzene rings is 2. The second-order valence-corrected chi connectivity index (χ2v) is 11.3. The molecule has 0 aromatic heterocycles. The molecule has 1 fully saturated rings. The van der Waals surface area contributed by atoms with Crippen LogP contribution in [0.5, 0.6) is 11.5 Å². The van der Waals surface area contributed by atoms with Crippen LogP contribution in [0.25, 0.3) is 0 Å². The number of amides is 1. The van der Waals surface area contributed by atoms with Gasteiger partial charge in [0.05, 0.1) is 11.9 Å². The van der Waals surface area contributed by atoms with Gasteiger partial charge in [-0.25, -0.2) is 13.8 Å². The van der Waals surface area contributed by atoms with E-state index in [9.17, 15) is 13.2 Å². The van der Waals surface area contributed by atoms with Crippen molar-refractivity contribution in [3.8, 4) is 11.5 Å². The quantitative estimate of drug-likeness (QED) is 0.433. The third-order valence-electron chi connectivity index (χ3n) is 6.41. The molecule has 1 N–H and O–H groups in total. The Morgan fingerprint density at radius 2 is 1.33 bits per heavy atom. The minimum Gasteiger partial charge on any atom is -0.457 e. The number of carbonyl (C=O) groups is 1. The summed E-state index contributed by atoms with van der Waals surface area (Å²) in [6.07, 6.45) is 13.7. The topological polar surface area (TPSA) is 88.1 Å². The lowest BCUT2D eigenvalue weighted by molar-refractivity contribution is -0.121. The van der Waals surface area contributed by atoms with Crippen molar-refractivity contribution in [3.63, 3.8) is 0 Å². The molecule has 196 valence electrons. The van der Waals surface area contributed by atoms with Gasteiger partial charge in [-0.05, 0) is 69.0 Å². The van der Waals surface area contributed by atoms with Crippen molar-refractivity contribution in [1.29, 1.82) is 0 Å². The Morgan fingerprint density at radius 3 is 1.86 bits per heavy atom. The van der Waals surface area contributed by atoms with Gasteiger partial charge in [0.25, 0.3) is 5.91 Å². The van der Waals surface area contributed by atoms with E-state index in [1.165, 1.54) is 44.9 Å². The Bertz CT molecular complexity index is 1070. The van der Waals surface area contributed by atoms with Crippen LogP contribution in [-0.2, 0) is 14.8 Å². The fourth-order valence-corrected chi connectivity index (χ4v) is 5.63. The number of para-hydroxylation sites is 1. The summed E-state index contributed by atoms with van der Waals surface area (Å²) in [5.74, 6) is 0.803. The third kappa shape index (κ3) is 8.97. The number of hydrogen-bond acceptors (Lipinski definition) is 5. The monoisotopic (exact) mass is 513 g/mol. The van der Waals surface area contributed by atoms with Crippen LogP contribution >= 0.6 is 0 Å². The molecular weight excluding hydrogens is 474 g/mol. The first-order valence-corrected chi connectivity index (χ1v) is 14.9. The highest BCUT2D eigenvalue weighted by Gasteiger charge is 2.29. The zero-order valence-corrected chi connectivity index (χ0v) is 22.3. The number of carbonyl (C=O) groups excluding carboxylic acids is 1. The Balaban J connectivity index is 1.67. The van der Waals surface area contributed by atoms with Gasteiger partial charge in [-0.1, -0.05) is 63.1 Å². The molecule has 1 amide bonds. The molecule has 1 aliphatic carbocycles. The summed E-state index contributed by atoms with van der Waals surface area (Å²) in [4.78, 5) is 13.0. The maximum atomic E-state index is 13.0. The molecule has 36 heavy (non-hydrogen) atoms. The average Bonchev–Trinajstić information content (AvgIpc) is 2.84. The van der Waals surface area contributed by atoms with Gasteiger partial charge in [-0.3, -0.25) is 9.10 Å². The van der Waals surface area contributed by atoms with Crippen molar-refractivity contribution >= 4 is 27.3 Å². The normalized spacial score (nSPS) is 16.7. The molecule has 0 unspecified atom stereocenters. The lowest BCUT2D eigenvalue weighted by Gasteiger charge is -2.27. The van der Waals surface area contributed by atoms with Crippen molar-refractivity contribution < 1.29 is 17.9 Å². The average molecular weight is 514 g/mol. The smallest absolute Gasteiger partial charge is 0.263 e. The largest absolute Gasteiger partial charge is 0.457 e. The zero-order chi connectivity index (χ0) is 25.8. The second kappa shape index (κ2) is 14.0. The molecule has 0 saturated heterocycles. The highest BCUT2D eigenvalue weighted by molar-refractivity contribution is 7.92. The van der Waals surface area contributed by atoms with E-state index >= 15 is 0 Å². The maximum Gasteiger partial charge on any atom is 0.263 e. The summed E-state index contributed by atoms with van der Waals surface area (Å²) in [5.41, 5.74) is 4.03. The van der Waals surface area contributed by atoms with E-state index < -0.39 is 22.0 Å². The van der Waals surface area contributed by atoms with Gasteiger partial charge in [0.1, 0.15) is 17.5 Å². The Morgan fingerprint density at radius 1 is 0.833 bits per heavy atom. The lowest BCUT2D eigenvalue weighted by Crippen LogP contribution is -2.46. The van der Waals surface area contributed by atoms with Crippen LogP contribution in [0.1, 0.15) is 77.6 Å². The van der Waals surface area contributed by atoms with Crippen molar-refractivity contribution in [2.75, 3.05) is 10.6 Å². The van der Waals surface area contributed by atoms with E-state index in [-0.39, 0.29) is 0 Å². The predicted octanol–water partition coefficient (Wildman–Crippen LogP) is 6.41. The molecule has 0 bridgehead atoms.